The van der Waals surface area contributed by atoms with Gasteiger partial charge in [-0.15, -0.1) is 0 Å². The van der Waals surface area contributed by atoms with Gasteiger partial charge < -0.3 is 15.0 Å². The van der Waals surface area contributed by atoms with Crippen LogP contribution in [-0.2, 0) is 18.3 Å². The fourth-order valence-corrected chi connectivity index (χ4v) is 3.56. The minimum atomic E-state index is -0.237. The Morgan fingerprint density at radius 2 is 2.00 bits per heavy atom. The fourth-order valence-electron chi connectivity index (χ4n) is 3.56. The van der Waals surface area contributed by atoms with Crippen molar-refractivity contribution < 1.29 is 9.13 Å². The Balaban J connectivity index is 1.71. The van der Waals surface area contributed by atoms with Crippen molar-refractivity contribution in [1.29, 1.82) is 0 Å². The Morgan fingerprint density at radius 1 is 1.30 bits per heavy atom. The highest BCUT2D eigenvalue weighted by Gasteiger charge is 2.28. The number of rotatable bonds is 3. The third kappa shape index (κ3) is 4.30. The van der Waals surface area contributed by atoms with E-state index in [1.165, 1.54) is 17.7 Å². The summed E-state index contributed by atoms with van der Waals surface area (Å²) in [6.07, 6.45) is -0.0658. The van der Waals surface area contributed by atoms with Crippen LogP contribution < -0.4 is 5.32 Å². The molecule has 1 aromatic carbocycles. The van der Waals surface area contributed by atoms with Gasteiger partial charge in [0.15, 0.2) is 5.96 Å². The smallest absolute Gasteiger partial charge is 0.194 e. The SMILES string of the molecule is CN=C(NCc1c(C)nn(C)c1C)N1CC(C)OC(c2ccc(F)cc2)C1. The molecule has 27 heavy (non-hydrogen) atoms. The Labute approximate surface area is 160 Å². The molecule has 0 saturated carbocycles. The van der Waals surface area contributed by atoms with E-state index in [0.29, 0.717) is 13.1 Å². The van der Waals surface area contributed by atoms with E-state index in [1.54, 1.807) is 19.2 Å². The van der Waals surface area contributed by atoms with Crippen molar-refractivity contribution in [2.45, 2.75) is 39.5 Å². The van der Waals surface area contributed by atoms with Gasteiger partial charge in [-0.05, 0) is 38.5 Å². The van der Waals surface area contributed by atoms with Gasteiger partial charge >= 0.3 is 0 Å². The van der Waals surface area contributed by atoms with Gasteiger partial charge in [0.25, 0.3) is 0 Å². The summed E-state index contributed by atoms with van der Waals surface area (Å²) in [6, 6.07) is 6.52. The van der Waals surface area contributed by atoms with E-state index in [9.17, 15) is 4.39 Å². The van der Waals surface area contributed by atoms with Crippen molar-refractivity contribution in [3.05, 3.63) is 52.6 Å². The molecule has 0 bridgehead atoms. The second kappa shape index (κ2) is 8.08. The second-order valence-electron chi connectivity index (χ2n) is 7.07. The topological polar surface area (TPSA) is 54.7 Å². The van der Waals surface area contributed by atoms with Crippen molar-refractivity contribution in [1.82, 2.24) is 20.0 Å². The zero-order valence-electron chi connectivity index (χ0n) is 16.7. The highest BCUT2D eigenvalue weighted by atomic mass is 19.1. The summed E-state index contributed by atoms with van der Waals surface area (Å²) in [6.45, 7) is 8.23. The van der Waals surface area contributed by atoms with E-state index in [-0.39, 0.29) is 18.0 Å². The molecule has 1 fully saturated rings. The molecular weight excluding hydrogens is 345 g/mol. The van der Waals surface area contributed by atoms with Crippen molar-refractivity contribution in [3.63, 3.8) is 0 Å². The molecule has 1 aliphatic rings. The predicted molar refractivity (Wildman–Crippen MR) is 104 cm³/mol. The Kier molecular flexibility index (Phi) is 5.79. The standard InChI is InChI=1S/C20H28FN5O/c1-13-11-26(12-19(27-13)16-6-8-17(21)9-7-16)20(22-4)23-10-18-14(2)24-25(5)15(18)3/h6-9,13,19H,10-12H2,1-5H3,(H,22,23). The number of aromatic nitrogens is 2. The van der Waals surface area contributed by atoms with Gasteiger partial charge in [0, 0.05) is 38.4 Å². The molecule has 3 rings (SSSR count). The maximum absolute atomic E-state index is 13.2. The van der Waals surface area contributed by atoms with Crippen LogP contribution in [-0.4, -0.2) is 46.9 Å². The Hall–Kier alpha value is -2.41. The lowest BCUT2D eigenvalue weighted by Gasteiger charge is -2.38. The Bertz CT molecular complexity index is 815. The van der Waals surface area contributed by atoms with Crippen LogP contribution in [0.15, 0.2) is 29.3 Å². The first kappa shape index (κ1) is 19.4. The van der Waals surface area contributed by atoms with Crippen LogP contribution in [0.4, 0.5) is 4.39 Å². The van der Waals surface area contributed by atoms with Crippen molar-refractivity contribution in [2.24, 2.45) is 12.0 Å². The molecule has 1 aromatic heterocycles. The van der Waals surface area contributed by atoms with Crippen molar-refractivity contribution in [3.8, 4) is 0 Å². The molecule has 0 spiro atoms. The van der Waals surface area contributed by atoms with E-state index in [1.807, 2.05) is 25.6 Å². The van der Waals surface area contributed by atoms with Gasteiger partial charge in [-0.25, -0.2) is 4.39 Å². The summed E-state index contributed by atoms with van der Waals surface area (Å²) in [5.41, 5.74) is 4.34. The summed E-state index contributed by atoms with van der Waals surface area (Å²) in [4.78, 5) is 6.66. The van der Waals surface area contributed by atoms with Gasteiger partial charge in [-0.2, -0.15) is 5.10 Å². The number of halogens is 1. The highest BCUT2D eigenvalue weighted by Crippen LogP contribution is 2.25. The predicted octanol–water partition coefficient (Wildman–Crippen LogP) is 2.71. The monoisotopic (exact) mass is 373 g/mol. The lowest BCUT2D eigenvalue weighted by atomic mass is 10.1. The Morgan fingerprint density at radius 3 is 2.59 bits per heavy atom. The quantitative estimate of drug-likeness (QED) is 0.664. The third-order valence-electron chi connectivity index (χ3n) is 5.10. The molecule has 2 aromatic rings. The molecule has 2 atom stereocenters. The molecule has 0 amide bonds. The van der Waals surface area contributed by atoms with Crippen LogP contribution in [0.1, 0.15) is 35.5 Å². The average Bonchev–Trinajstić information content (AvgIpc) is 2.88. The average molecular weight is 373 g/mol. The van der Waals surface area contributed by atoms with Crippen LogP contribution in [0.25, 0.3) is 0 Å². The summed E-state index contributed by atoms with van der Waals surface area (Å²) in [5, 5.41) is 7.93. The number of hydrogen-bond donors (Lipinski definition) is 1. The normalized spacial score (nSPS) is 20.8. The zero-order chi connectivity index (χ0) is 19.6. The first-order valence-electron chi connectivity index (χ1n) is 9.24. The van der Waals surface area contributed by atoms with E-state index < -0.39 is 0 Å². The van der Waals surface area contributed by atoms with Crippen LogP contribution in [0.3, 0.4) is 0 Å². The summed E-state index contributed by atoms with van der Waals surface area (Å²) in [7, 11) is 3.75. The van der Waals surface area contributed by atoms with E-state index in [4.69, 9.17) is 4.74 Å². The molecule has 1 saturated heterocycles. The molecule has 2 unspecified atom stereocenters. The van der Waals surface area contributed by atoms with Crippen molar-refractivity contribution >= 4 is 5.96 Å². The van der Waals surface area contributed by atoms with E-state index in [0.717, 1.165) is 29.5 Å². The van der Waals surface area contributed by atoms with Gasteiger partial charge in [0.1, 0.15) is 11.9 Å². The summed E-state index contributed by atoms with van der Waals surface area (Å²) in [5.74, 6) is 0.596. The van der Waals surface area contributed by atoms with Gasteiger partial charge in [-0.1, -0.05) is 12.1 Å². The molecule has 2 heterocycles. The number of aliphatic imine (C=N–C) groups is 1. The number of nitrogens with zero attached hydrogens (tertiary/aromatic N) is 4. The molecule has 7 heteroatoms. The lowest BCUT2D eigenvalue weighted by molar-refractivity contribution is -0.0605. The number of aryl methyl sites for hydroxylation is 2. The summed E-state index contributed by atoms with van der Waals surface area (Å²) >= 11 is 0. The van der Waals surface area contributed by atoms with Crippen LogP contribution in [0, 0.1) is 19.7 Å². The van der Waals surface area contributed by atoms with E-state index >= 15 is 0 Å². The minimum absolute atomic E-state index is 0.0502. The van der Waals surface area contributed by atoms with Crippen LogP contribution in [0.5, 0.6) is 0 Å². The largest absolute Gasteiger partial charge is 0.367 e. The lowest BCUT2D eigenvalue weighted by Crippen LogP contribution is -2.50. The number of nitrogens with one attached hydrogen (secondary N) is 1. The maximum atomic E-state index is 13.2. The van der Waals surface area contributed by atoms with Crippen molar-refractivity contribution in [2.75, 3.05) is 20.1 Å². The van der Waals surface area contributed by atoms with Crippen LogP contribution in [0.2, 0.25) is 0 Å². The van der Waals surface area contributed by atoms with Crippen LogP contribution >= 0.6 is 0 Å². The van der Waals surface area contributed by atoms with E-state index in [2.05, 4.69) is 27.2 Å². The number of guanidine groups is 1. The van der Waals surface area contributed by atoms with Gasteiger partial charge in [0.05, 0.1) is 18.3 Å². The molecule has 146 valence electrons. The number of ether oxygens (including phenoxy) is 1. The molecule has 0 radical (unpaired) electrons. The third-order valence-corrected chi connectivity index (χ3v) is 5.10. The molecule has 1 aliphatic heterocycles. The van der Waals surface area contributed by atoms with Gasteiger partial charge in [0.2, 0.25) is 0 Å². The number of hydrogen-bond acceptors (Lipinski definition) is 3. The van der Waals surface area contributed by atoms with Gasteiger partial charge in [-0.3, -0.25) is 9.67 Å². The second-order valence-corrected chi connectivity index (χ2v) is 7.07. The molecule has 0 aliphatic carbocycles. The minimum Gasteiger partial charge on any atom is -0.367 e. The first-order chi connectivity index (χ1) is 12.9. The molecular formula is C20H28FN5O. The number of morpholine rings is 1. The summed E-state index contributed by atoms with van der Waals surface area (Å²) < 4.78 is 21.2. The molecule has 6 nitrogen and oxygen atoms in total. The number of benzene rings is 1. The zero-order valence-corrected chi connectivity index (χ0v) is 16.7. The highest BCUT2D eigenvalue weighted by molar-refractivity contribution is 5.80. The molecule has 1 N–H and O–H groups in total. The fraction of sp³-hybridized carbons (Fsp3) is 0.500. The first-order valence-corrected chi connectivity index (χ1v) is 9.24. The maximum Gasteiger partial charge on any atom is 0.194 e.